The zero-order chi connectivity index (χ0) is 14.0. The molecule has 0 saturated carbocycles. The molecule has 1 aromatic rings. The Morgan fingerprint density at radius 3 is 2.84 bits per heavy atom. The second-order valence-corrected chi connectivity index (χ2v) is 4.43. The standard InChI is InChI=1S/C13H15N3O3/c1-3-10-12(18)15-11(17)7-16(10)13(19)9-6-4-5-8(2)14-9/h4-6,10H,3,7H2,1-2H3,(H,15,17,18). The van der Waals surface area contributed by atoms with Crippen molar-refractivity contribution in [3.8, 4) is 0 Å². The molecule has 0 aromatic carbocycles. The van der Waals surface area contributed by atoms with Crippen molar-refractivity contribution in [1.82, 2.24) is 15.2 Å². The lowest BCUT2D eigenvalue weighted by molar-refractivity contribution is -0.138. The molecule has 1 fully saturated rings. The van der Waals surface area contributed by atoms with Gasteiger partial charge in [-0.05, 0) is 25.5 Å². The summed E-state index contributed by atoms with van der Waals surface area (Å²) in [7, 11) is 0. The summed E-state index contributed by atoms with van der Waals surface area (Å²) >= 11 is 0. The lowest BCUT2D eigenvalue weighted by Crippen LogP contribution is -2.59. The zero-order valence-electron chi connectivity index (χ0n) is 10.8. The first kappa shape index (κ1) is 13.2. The molecule has 100 valence electrons. The first-order valence-electron chi connectivity index (χ1n) is 6.11. The average Bonchev–Trinajstić information content (AvgIpc) is 2.37. The Bertz CT molecular complexity index is 542. The highest BCUT2D eigenvalue weighted by molar-refractivity contribution is 6.06. The van der Waals surface area contributed by atoms with Gasteiger partial charge in [0.25, 0.3) is 5.91 Å². The van der Waals surface area contributed by atoms with Crippen LogP contribution in [0, 0.1) is 6.92 Å². The minimum atomic E-state index is -0.618. The van der Waals surface area contributed by atoms with E-state index >= 15 is 0 Å². The molecule has 1 aliphatic heterocycles. The first-order valence-corrected chi connectivity index (χ1v) is 6.11. The zero-order valence-corrected chi connectivity index (χ0v) is 10.8. The van der Waals surface area contributed by atoms with Gasteiger partial charge in [0, 0.05) is 5.69 Å². The van der Waals surface area contributed by atoms with E-state index in [0.29, 0.717) is 12.1 Å². The average molecular weight is 261 g/mol. The predicted molar refractivity (Wildman–Crippen MR) is 67.2 cm³/mol. The van der Waals surface area contributed by atoms with Gasteiger partial charge in [-0.1, -0.05) is 13.0 Å². The molecule has 1 aliphatic rings. The number of hydrogen-bond donors (Lipinski definition) is 1. The fraction of sp³-hybridized carbons (Fsp3) is 0.385. The first-order chi connectivity index (χ1) is 9.02. The maximum absolute atomic E-state index is 12.3. The molecule has 1 atom stereocenters. The van der Waals surface area contributed by atoms with E-state index in [1.54, 1.807) is 32.0 Å². The molecular formula is C13H15N3O3. The van der Waals surface area contributed by atoms with Gasteiger partial charge in [-0.25, -0.2) is 4.98 Å². The predicted octanol–water partition coefficient (Wildman–Crippen LogP) is 0.267. The highest BCUT2D eigenvalue weighted by atomic mass is 16.2. The van der Waals surface area contributed by atoms with Crippen molar-refractivity contribution >= 4 is 17.7 Å². The van der Waals surface area contributed by atoms with Crippen molar-refractivity contribution in [1.29, 1.82) is 0 Å². The van der Waals surface area contributed by atoms with E-state index < -0.39 is 23.8 Å². The third kappa shape index (κ3) is 2.62. The maximum Gasteiger partial charge on any atom is 0.273 e. The number of nitrogens with one attached hydrogen (secondary N) is 1. The summed E-state index contributed by atoms with van der Waals surface area (Å²) < 4.78 is 0. The molecule has 0 spiro atoms. The fourth-order valence-electron chi connectivity index (χ4n) is 2.10. The van der Waals surface area contributed by atoms with Gasteiger partial charge >= 0.3 is 0 Å². The molecule has 0 bridgehead atoms. The van der Waals surface area contributed by atoms with Crippen molar-refractivity contribution < 1.29 is 14.4 Å². The largest absolute Gasteiger partial charge is 0.316 e. The molecular weight excluding hydrogens is 246 g/mol. The van der Waals surface area contributed by atoms with Crippen LogP contribution in [0.3, 0.4) is 0 Å². The van der Waals surface area contributed by atoms with Gasteiger partial charge in [0.15, 0.2) is 0 Å². The van der Waals surface area contributed by atoms with E-state index in [4.69, 9.17) is 0 Å². The third-order valence-corrected chi connectivity index (χ3v) is 3.01. The second-order valence-electron chi connectivity index (χ2n) is 4.43. The summed E-state index contributed by atoms with van der Waals surface area (Å²) in [5.74, 6) is -1.28. The molecule has 3 amide bonds. The van der Waals surface area contributed by atoms with Gasteiger partial charge < -0.3 is 4.90 Å². The SMILES string of the molecule is CCC1C(=O)NC(=O)CN1C(=O)c1cccc(C)n1. The molecule has 1 unspecified atom stereocenters. The Kier molecular flexibility index (Phi) is 3.59. The molecule has 1 saturated heterocycles. The van der Waals surface area contributed by atoms with Crippen LogP contribution < -0.4 is 5.32 Å². The lowest BCUT2D eigenvalue weighted by Gasteiger charge is -2.33. The number of amides is 3. The quantitative estimate of drug-likeness (QED) is 0.775. The van der Waals surface area contributed by atoms with Crippen LogP contribution in [0.4, 0.5) is 0 Å². The Morgan fingerprint density at radius 2 is 2.21 bits per heavy atom. The van der Waals surface area contributed by atoms with Gasteiger partial charge in [0.2, 0.25) is 11.8 Å². The van der Waals surface area contributed by atoms with Gasteiger partial charge in [-0.2, -0.15) is 0 Å². The summed E-state index contributed by atoms with van der Waals surface area (Å²) in [6.45, 7) is 3.46. The molecule has 6 heteroatoms. The van der Waals surface area contributed by atoms with E-state index in [9.17, 15) is 14.4 Å². The molecule has 2 rings (SSSR count). The Hall–Kier alpha value is -2.24. The van der Waals surface area contributed by atoms with Crippen molar-refractivity contribution in [2.45, 2.75) is 26.3 Å². The highest BCUT2D eigenvalue weighted by Crippen LogP contribution is 2.13. The van der Waals surface area contributed by atoms with Crippen LogP contribution >= 0.6 is 0 Å². The second kappa shape index (κ2) is 5.17. The molecule has 0 aliphatic carbocycles. The number of piperazine rings is 1. The van der Waals surface area contributed by atoms with E-state index in [-0.39, 0.29) is 12.2 Å². The molecule has 6 nitrogen and oxygen atoms in total. The van der Waals surface area contributed by atoms with Crippen molar-refractivity contribution in [2.24, 2.45) is 0 Å². The number of aromatic nitrogens is 1. The summed E-state index contributed by atoms with van der Waals surface area (Å²) in [6, 6.07) is 4.47. The van der Waals surface area contributed by atoms with Crippen LogP contribution in [0.1, 0.15) is 29.5 Å². The van der Waals surface area contributed by atoms with Crippen LogP contribution in [-0.4, -0.2) is 40.2 Å². The van der Waals surface area contributed by atoms with Crippen LogP contribution in [0.15, 0.2) is 18.2 Å². The molecule has 1 N–H and O–H groups in total. The maximum atomic E-state index is 12.3. The van der Waals surface area contributed by atoms with E-state index in [0.717, 1.165) is 0 Å². The lowest BCUT2D eigenvalue weighted by atomic mass is 10.1. The normalized spacial score (nSPS) is 19.3. The van der Waals surface area contributed by atoms with Gasteiger partial charge in [0.05, 0.1) is 0 Å². The van der Waals surface area contributed by atoms with E-state index in [1.165, 1.54) is 4.90 Å². The summed E-state index contributed by atoms with van der Waals surface area (Å²) in [5.41, 5.74) is 0.965. The van der Waals surface area contributed by atoms with E-state index in [1.807, 2.05) is 0 Å². The molecule has 0 radical (unpaired) electrons. The van der Waals surface area contributed by atoms with Gasteiger partial charge in [-0.3, -0.25) is 19.7 Å². The molecule has 19 heavy (non-hydrogen) atoms. The number of imide groups is 1. The number of nitrogens with zero attached hydrogens (tertiary/aromatic N) is 2. The summed E-state index contributed by atoms with van der Waals surface area (Å²) in [5, 5.41) is 2.24. The van der Waals surface area contributed by atoms with Crippen LogP contribution in [0.2, 0.25) is 0 Å². The third-order valence-electron chi connectivity index (χ3n) is 3.01. The number of rotatable bonds is 2. The number of carbonyl (C=O) groups excluding carboxylic acids is 3. The molecule has 1 aromatic heterocycles. The fourth-order valence-corrected chi connectivity index (χ4v) is 2.10. The minimum absolute atomic E-state index is 0.112. The summed E-state index contributed by atoms with van der Waals surface area (Å²) in [6.07, 6.45) is 0.455. The smallest absolute Gasteiger partial charge is 0.273 e. The van der Waals surface area contributed by atoms with Crippen LogP contribution in [0.25, 0.3) is 0 Å². The van der Waals surface area contributed by atoms with Crippen LogP contribution in [0.5, 0.6) is 0 Å². The Morgan fingerprint density at radius 1 is 1.47 bits per heavy atom. The van der Waals surface area contributed by atoms with E-state index in [2.05, 4.69) is 10.3 Å². The van der Waals surface area contributed by atoms with Crippen molar-refractivity contribution in [3.63, 3.8) is 0 Å². The van der Waals surface area contributed by atoms with Crippen molar-refractivity contribution in [3.05, 3.63) is 29.6 Å². The highest BCUT2D eigenvalue weighted by Gasteiger charge is 2.36. The number of pyridine rings is 1. The minimum Gasteiger partial charge on any atom is -0.316 e. The monoisotopic (exact) mass is 261 g/mol. The van der Waals surface area contributed by atoms with Crippen molar-refractivity contribution in [2.75, 3.05) is 6.54 Å². The Labute approximate surface area is 110 Å². The number of hydrogen-bond acceptors (Lipinski definition) is 4. The van der Waals surface area contributed by atoms with Gasteiger partial charge in [0.1, 0.15) is 18.3 Å². The van der Waals surface area contributed by atoms with Crippen LogP contribution in [-0.2, 0) is 9.59 Å². The number of aryl methyl sites for hydroxylation is 1. The van der Waals surface area contributed by atoms with Gasteiger partial charge in [-0.15, -0.1) is 0 Å². The topological polar surface area (TPSA) is 79.4 Å². The molecule has 2 heterocycles. The summed E-state index contributed by atoms with van der Waals surface area (Å²) in [4.78, 5) is 40.9. The number of carbonyl (C=O) groups is 3. The Balaban J connectivity index is 2.30.